The predicted molar refractivity (Wildman–Crippen MR) is 98.7 cm³/mol. The van der Waals surface area contributed by atoms with Gasteiger partial charge in [-0.3, -0.25) is 0 Å². The maximum atomic E-state index is 5.23. The number of aromatic nitrogens is 6. The summed E-state index contributed by atoms with van der Waals surface area (Å²) in [5.74, 6) is 3.11. The maximum absolute atomic E-state index is 5.23. The predicted octanol–water partition coefficient (Wildman–Crippen LogP) is 0.796. The highest BCUT2D eigenvalue weighted by molar-refractivity contribution is 5.44. The summed E-state index contributed by atoms with van der Waals surface area (Å²) in [5.41, 5.74) is 0. The van der Waals surface area contributed by atoms with E-state index in [2.05, 4.69) is 35.1 Å². The molecule has 1 saturated heterocycles. The number of hydrogen-bond acceptors (Lipinski definition) is 9. The van der Waals surface area contributed by atoms with Crippen LogP contribution < -0.4 is 19.3 Å². The number of anilines is 2. The van der Waals surface area contributed by atoms with Crippen molar-refractivity contribution < 1.29 is 9.47 Å². The number of methoxy groups -OCH3 is 2. The smallest absolute Gasteiger partial charge is 0.232 e. The van der Waals surface area contributed by atoms with E-state index in [0.717, 1.165) is 32.0 Å². The summed E-state index contributed by atoms with van der Waals surface area (Å²) in [4.78, 5) is 13.1. The fraction of sp³-hybridized carbons (Fsp3) is 0.353. The van der Waals surface area contributed by atoms with Crippen molar-refractivity contribution in [2.45, 2.75) is 0 Å². The Morgan fingerprint density at radius 3 is 2.04 bits per heavy atom. The van der Waals surface area contributed by atoms with Crippen LogP contribution in [0.2, 0.25) is 0 Å². The van der Waals surface area contributed by atoms with Crippen LogP contribution >= 0.6 is 0 Å². The third-order valence-corrected chi connectivity index (χ3v) is 4.35. The van der Waals surface area contributed by atoms with Crippen LogP contribution in [0.3, 0.4) is 0 Å². The molecule has 3 aromatic rings. The van der Waals surface area contributed by atoms with Crippen LogP contribution in [0.4, 0.5) is 11.8 Å². The molecule has 1 aliphatic heterocycles. The molecule has 27 heavy (non-hydrogen) atoms. The molecule has 0 unspecified atom stereocenters. The van der Waals surface area contributed by atoms with Crippen molar-refractivity contribution in [1.82, 2.24) is 29.9 Å². The molecular formula is C17H20N8O2. The summed E-state index contributed by atoms with van der Waals surface area (Å²) in [6.45, 7) is 3.11. The van der Waals surface area contributed by atoms with Crippen molar-refractivity contribution >= 4 is 11.8 Å². The monoisotopic (exact) mass is 368 g/mol. The second kappa shape index (κ2) is 7.44. The molecule has 10 nitrogen and oxygen atoms in total. The minimum absolute atomic E-state index is 0.486. The zero-order chi connectivity index (χ0) is 18.6. The Morgan fingerprint density at radius 1 is 0.852 bits per heavy atom. The fourth-order valence-corrected chi connectivity index (χ4v) is 2.89. The Morgan fingerprint density at radius 2 is 1.48 bits per heavy atom. The van der Waals surface area contributed by atoms with E-state index in [9.17, 15) is 0 Å². The van der Waals surface area contributed by atoms with Crippen LogP contribution in [-0.2, 0) is 0 Å². The molecule has 10 heteroatoms. The van der Waals surface area contributed by atoms with E-state index in [1.807, 2.05) is 24.4 Å². The first-order chi connectivity index (χ1) is 13.3. The Kier molecular flexibility index (Phi) is 4.69. The van der Waals surface area contributed by atoms with Gasteiger partial charge in [0.1, 0.15) is 0 Å². The second-order valence-electron chi connectivity index (χ2n) is 5.93. The number of piperazine rings is 1. The van der Waals surface area contributed by atoms with Gasteiger partial charge in [0, 0.05) is 38.6 Å². The summed E-state index contributed by atoms with van der Waals surface area (Å²) in [6, 6.07) is 7.39. The normalized spacial score (nSPS) is 14.3. The van der Waals surface area contributed by atoms with Gasteiger partial charge in [-0.25, -0.2) is 4.68 Å². The lowest BCUT2D eigenvalue weighted by Crippen LogP contribution is -2.47. The minimum atomic E-state index is 0.486. The molecule has 140 valence electrons. The van der Waals surface area contributed by atoms with Crippen molar-refractivity contribution in [3.05, 3.63) is 36.7 Å². The third-order valence-electron chi connectivity index (χ3n) is 4.35. The zero-order valence-corrected chi connectivity index (χ0v) is 15.2. The van der Waals surface area contributed by atoms with Gasteiger partial charge in [-0.05, 0) is 18.2 Å². The van der Waals surface area contributed by atoms with Gasteiger partial charge in [0.05, 0.1) is 20.3 Å². The van der Waals surface area contributed by atoms with E-state index in [1.54, 1.807) is 31.2 Å². The van der Waals surface area contributed by atoms with E-state index in [1.165, 1.54) is 0 Å². The molecule has 0 spiro atoms. The quantitative estimate of drug-likeness (QED) is 0.648. The van der Waals surface area contributed by atoms with Gasteiger partial charge in [-0.15, -0.1) is 10.2 Å². The van der Waals surface area contributed by atoms with Crippen molar-refractivity contribution in [3.8, 4) is 17.6 Å². The molecule has 4 heterocycles. The van der Waals surface area contributed by atoms with Crippen LogP contribution in [0, 0.1) is 0 Å². The van der Waals surface area contributed by atoms with E-state index >= 15 is 0 Å². The molecule has 1 fully saturated rings. The molecule has 0 radical (unpaired) electrons. The van der Waals surface area contributed by atoms with Crippen LogP contribution in [0.5, 0.6) is 11.8 Å². The highest BCUT2D eigenvalue weighted by atomic mass is 16.5. The Hall–Kier alpha value is -3.43. The first-order valence-electron chi connectivity index (χ1n) is 8.57. The lowest BCUT2D eigenvalue weighted by molar-refractivity contribution is 0.371. The number of ether oxygens (including phenoxy) is 2. The molecule has 0 N–H and O–H groups in total. The number of rotatable bonds is 5. The van der Waals surface area contributed by atoms with Crippen LogP contribution in [-0.4, -0.2) is 70.3 Å². The first kappa shape index (κ1) is 17.0. The number of nitrogens with zero attached hydrogens (tertiary/aromatic N) is 8. The highest BCUT2D eigenvalue weighted by Gasteiger charge is 2.21. The maximum Gasteiger partial charge on any atom is 0.232 e. The number of hydrogen-bond donors (Lipinski definition) is 0. The topological polar surface area (TPSA) is 94.3 Å². The van der Waals surface area contributed by atoms with Crippen molar-refractivity contribution in [2.24, 2.45) is 0 Å². The summed E-state index contributed by atoms with van der Waals surface area (Å²) in [5, 5.41) is 12.8. The second-order valence-corrected chi connectivity index (χ2v) is 5.93. The summed E-state index contributed by atoms with van der Waals surface area (Å²) in [6.07, 6.45) is 3.55. The molecule has 0 bridgehead atoms. The Bertz CT molecular complexity index is 854. The van der Waals surface area contributed by atoms with Gasteiger partial charge in [0.25, 0.3) is 0 Å². The third kappa shape index (κ3) is 3.59. The average molecular weight is 368 g/mol. The van der Waals surface area contributed by atoms with Gasteiger partial charge in [-0.1, -0.05) is 0 Å². The summed E-state index contributed by atoms with van der Waals surface area (Å²) in [7, 11) is 3.16. The zero-order valence-electron chi connectivity index (χ0n) is 15.2. The first-order valence-corrected chi connectivity index (χ1v) is 8.57. The van der Waals surface area contributed by atoms with Crippen molar-refractivity contribution in [2.75, 3.05) is 50.2 Å². The van der Waals surface area contributed by atoms with Gasteiger partial charge in [-0.2, -0.15) is 15.1 Å². The van der Waals surface area contributed by atoms with E-state index < -0.39 is 0 Å². The Balaban J connectivity index is 1.43. The summed E-state index contributed by atoms with van der Waals surface area (Å²) >= 11 is 0. The molecular weight excluding hydrogens is 348 g/mol. The molecule has 0 aromatic carbocycles. The standard InChI is InChI=1S/C17H20N8O2/c1-26-15-12-16(27-2)20-17(19-15)24-10-8-23(9-11-24)13-4-5-14(22-21-13)25-7-3-6-18-25/h3-7,12H,8-11H2,1-2H3. The van der Waals surface area contributed by atoms with Gasteiger partial charge in [0.2, 0.25) is 17.7 Å². The molecule has 0 aliphatic carbocycles. The van der Waals surface area contributed by atoms with Crippen molar-refractivity contribution in [3.63, 3.8) is 0 Å². The molecule has 1 aliphatic rings. The highest BCUT2D eigenvalue weighted by Crippen LogP contribution is 2.22. The average Bonchev–Trinajstić information content (AvgIpc) is 3.28. The molecule has 0 atom stereocenters. The van der Waals surface area contributed by atoms with Gasteiger partial charge < -0.3 is 19.3 Å². The largest absolute Gasteiger partial charge is 0.481 e. The summed E-state index contributed by atoms with van der Waals surface area (Å²) < 4.78 is 12.1. The SMILES string of the molecule is COc1cc(OC)nc(N2CCN(c3ccc(-n4cccn4)nn3)CC2)n1. The van der Waals surface area contributed by atoms with Gasteiger partial charge in [0.15, 0.2) is 11.6 Å². The molecule has 0 saturated carbocycles. The lowest BCUT2D eigenvalue weighted by atomic mass is 10.3. The minimum Gasteiger partial charge on any atom is -0.481 e. The fourth-order valence-electron chi connectivity index (χ4n) is 2.89. The lowest BCUT2D eigenvalue weighted by Gasteiger charge is -2.35. The molecule has 0 amide bonds. The van der Waals surface area contributed by atoms with E-state index in [4.69, 9.17) is 9.47 Å². The molecule has 4 rings (SSSR count). The van der Waals surface area contributed by atoms with E-state index in [-0.39, 0.29) is 0 Å². The van der Waals surface area contributed by atoms with Crippen LogP contribution in [0.1, 0.15) is 0 Å². The van der Waals surface area contributed by atoms with Gasteiger partial charge >= 0.3 is 0 Å². The Labute approximate surface area is 156 Å². The molecule has 3 aromatic heterocycles. The van der Waals surface area contributed by atoms with Crippen molar-refractivity contribution in [1.29, 1.82) is 0 Å². The van der Waals surface area contributed by atoms with Crippen LogP contribution in [0.15, 0.2) is 36.7 Å². The van der Waals surface area contributed by atoms with Crippen LogP contribution in [0.25, 0.3) is 5.82 Å². The van der Waals surface area contributed by atoms with E-state index in [0.29, 0.717) is 23.5 Å².